The van der Waals surface area contributed by atoms with E-state index in [0.29, 0.717) is 24.9 Å². The second kappa shape index (κ2) is 7.92. The highest BCUT2D eigenvalue weighted by Gasteiger charge is 2.25. The van der Waals surface area contributed by atoms with Crippen LogP contribution in [0.5, 0.6) is 0 Å². The number of aryl methyl sites for hydroxylation is 1. The van der Waals surface area contributed by atoms with E-state index in [1.54, 1.807) is 36.4 Å². The molecule has 0 spiro atoms. The van der Waals surface area contributed by atoms with Crippen LogP contribution in [0.1, 0.15) is 24.0 Å². The number of nitrogens with one attached hydrogen (secondary N) is 1. The lowest BCUT2D eigenvalue weighted by Crippen LogP contribution is -2.39. The number of hydrogen-bond donors (Lipinski definition) is 1. The summed E-state index contributed by atoms with van der Waals surface area (Å²) in [4.78, 5) is 23.6. The Hall–Kier alpha value is -2.67. The van der Waals surface area contributed by atoms with Crippen LogP contribution in [0.3, 0.4) is 0 Å². The van der Waals surface area contributed by atoms with Crippen LogP contribution < -0.4 is 5.32 Å². The molecule has 1 aliphatic heterocycles. The van der Waals surface area contributed by atoms with Gasteiger partial charge in [-0.1, -0.05) is 29.8 Å². The summed E-state index contributed by atoms with van der Waals surface area (Å²) < 4.78 is 30.6. The maximum absolute atomic E-state index is 12.6. The first kappa shape index (κ1) is 19.1. The van der Waals surface area contributed by atoms with E-state index in [-0.39, 0.29) is 34.2 Å². The van der Waals surface area contributed by atoms with Crippen molar-refractivity contribution >= 4 is 21.7 Å². The number of ether oxygens (including phenoxy) is 1. The molecule has 1 aliphatic rings. The Morgan fingerprint density at radius 1 is 1.07 bits per heavy atom. The molecular formula is C20H21NO5S. The minimum Gasteiger partial charge on any atom is -0.461 e. The minimum absolute atomic E-state index is 0.0515. The van der Waals surface area contributed by atoms with Crippen molar-refractivity contribution in [3.05, 3.63) is 59.7 Å². The zero-order chi connectivity index (χ0) is 19.4. The Labute approximate surface area is 158 Å². The molecule has 0 aliphatic carbocycles. The fourth-order valence-electron chi connectivity index (χ4n) is 2.82. The number of carbonyl (C=O) groups is 2. The highest BCUT2D eigenvalue weighted by Crippen LogP contribution is 2.22. The Morgan fingerprint density at radius 2 is 1.67 bits per heavy atom. The second-order valence-corrected chi connectivity index (χ2v) is 8.56. The summed E-state index contributed by atoms with van der Waals surface area (Å²) in [6, 6.07) is 13.0. The van der Waals surface area contributed by atoms with Gasteiger partial charge in [-0.05, 0) is 43.2 Å². The molecule has 2 aromatic carbocycles. The minimum atomic E-state index is -3.57. The van der Waals surface area contributed by atoms with Crippen LogP contribution in [-0.2, 0) is 30.8 Å². The van der Waals surface area contributed by atoms with E-state index in [2.05, 4.69) is 5.32 Å². The first-order chi connectivity index (χ1) is 12.9. The van der Waals surface area contributed by atoms with Crippen molar-refractivity contribution in [3.63, 3.8) is 0 Å². The largest absolute Gasteiger partial charge is 0.461 e. The number of esters is 1. The molecule has 1 N–H and O–H groups in total. The molecule has 27 heavy (non-hydrogen) atoms. The van der Waals surface area contributed by atoms with Crippen molar-refractivity contribution in [2.24, 2.45) is 5.92 Å². The number of benzene rings is 2. The van der Waals surface area contributed by atoms with E-state index >= 15 is 0 Å². The van der Waals surface area contributed by atoms with Crippen LogP contribution in [-0.4, -0.2) is 26.8 Å². The Balaban J connectivity index is 1.62. The molecule has 2 aromatic rings. The zero-order valence-corrected chi connectivity index (χ0v) is 15.8. The number of sulfone groups is 1. The summed E-state index contributed by atoms with van der Waals surface area (Å²) in [6.45, 7) is 2.26. The normalized spacial score (nSPS) is 17.2. The summed E-state index contributed by atoms with van der Waals surface area (Å²) >= 11 is 0. The first-order valence-corrected chi connectivity index (χ1v) is 10.2. The van der Waals surface area contributed by atoms with Crippen molar-refractivity contribution in [2.75, 3.05) is 6.54 Å². The van der Waals surface area contributed by atoms with Crippen LogP contribution in [0.2, 0.25) is 0 Å². The van der Waals surface area contributed by atoms with Crippen LogP contribution in [0.25, 0.3) is 0 Å². The topological polar surface area (TPSA) is 89.5 Å². The predicted molar refractivity (Wildman–Crippen MR) is 98.6 cm³/mol. The fraction of sp³-hybridized carbons (Fsp3) is 0.300. The summed E-state index contributed by atoms with van der Waals surface area (Å²) in [5, 5.41) is 2.65. The van der Waals surface area contributed by atoms with Crippen molar-refractivity contribution < 1.29 is 22.7 Å². The molecule has 1 saturated heterocycles. The zero-order valence-electron chi connectivity index (χ0n) is 15.0. The number of carbonyl (C=O) groups excluding carboxylic acids is 2. The average molecular weight is 387 g/mol. The molecule has 1 amide bonds. The van der Waals surface area contributed by atoms with Crippen LogP contribution in [0.4, 0.5) is 0 Å². The summed E-state index contributed by atoms with van der Waals surface area (Å²) in [5.41, 5.74) is 1.69. The number of amides is 1. The SMILES string of the molecule is Cc1ccc(S(=O)(=O)c2ccc(COC(=O)C3CCC(=O)NC3)cc2)cc1. The Bertz CT molecular complexity index is 923. The van der Waals surface area contributed by atoms with Gasteiger partial charge in [0.2, 0.25) is 15.7 Å². The van der Waals surface area contributed by atoms with E-state index in [1.165, 1.54) is 12.1 Å². The van der Waals surface area contributed by atoms with Crippen molar-refractivity contribution in [1.29, 1.82) is 0 Å². The molecule has 1 atom stereocenters. The lowest BCUT2D eigenvalue weighted by atomic mass is 9.99. The fourth-order valence-corrected chi connectivity index (χ4v) is 4.09. The summed E-state index contributed by atoms with van der Waals surface area (Å²) in [5.74, 6) is -0.736. The first-order valence-electron chi connectivity index (χ1n) is 8.70. The molecular weight excluding hydrogens is 366 g/mol. The van der Waals surface area contributed by atoms with Gasteiger partial charge < -0.3 is 10.1 Å². The number of rotatable bonds is 5. The molecule has 0 radical (unpaired) electrons. The summed E-state index contributed by atoms with van der Waals surface area (Å²) in [6.07, 6.45) is 0.809. The molecule has 0 saturated carbocycles. The van der Waals surface area contributed by atoms with Gasteiger partial charge in [0.1, 0.15) is 6.61 Å². The Kier molecular flexibility index (Phi) is 5.60. The molecule has 3 rings (SSSR count). The van der Waals surface area contributed by atoms with E-state index in [4.69, 9.17) is 4.74 Å². The van der Waals surface area contributed by atoms with E-state index in [9.17, 15) is 18.0 Å². The standard InChI is InChI=1S/C20H21NO5S/c1-14-2-7-17(8-3-14)27(24,25)18-9-4-15(5-10-18)13-26-20(23)16-6-11-19(22)21-12-16/h2-5,7-10,16H,6,11-13H2,1H3,(H,21,22). The van der Waals surface area contributed by atoms with E-state index < -0.39 is 9.84 Å². The lowest BCUT2D eigenvalue weighted by Gasteiger charge is -2.20. The highest BCUT2D eigenvalue weighted by atomic mass is 32.2. The Morgan fingerprint density at radius 3 is 2.22 bits per heavy atom. The van der Waals surface area contributed by atoms with Gasteiger partial charge in [0, 0.05) is 13.0 Å². The molecule has 7 heteroatoms. The maximum atomic E-state index is 12.6. The smallest absolute Gasteiger partial charge is 0.311 e. The third-order valence-corrected chi connectivity index (χ3v) is 6.33. The van der Waals surface area contributed by atoms with Gasteiger partial charge in [-0.3, -0.25) is 9.59 Å². The van der Waals surface area contributed by atoms with Gasteiger partial charge in [0.05, 0.1) is 15.7 Å². The number of piperidine rings is 1. The lowest BCUT2D eigenvalue weighted by molar-refractivity contribution is -0.151. The van der Waals surface area contributed by atoms with Gasteiger partial charge in [-0.15, -0.1) is 0 Å². The highest BCUT2D eigenvalue weighted by molar-refractivity contribution is 7.91. The molecule has 1 unspecified atom stereocenters. The maximum Gasteiger partial charge on any atom is 0.311 e. The van der Waals surface area contributed by atoms with Crippen molar-refractivity contribution in [3.8, 4) is 0 Å². The molecule has 142 valence electrons. The van der Waals surface area contributed by atoms with Gasteiger partial charge in [-0.2, -0.15) is 0 Å². The van der Waals surface area contributed by atoms with Gasteiger partial charge in [0.25, 0.3) is 0 Å². The molecule has 0 bridgehead atoms. The van der Waals surface area contributed by atoms with Crippen LogP contribution >= 0.6 is 0 Å². The molecule has 0 aromatic heterocycles. The average Bonchev–Trinajstić information content (AvgIpc) is 2.67. The van der Waals surface area contributed by atoms with Crippen LogP contribution in [0.15, 0.2) is 58.3 Å². The number of hydrogen-bond acceptors (Lipinski definition) is 5. The third kappa shape index (κ3) is 4.54. The van der Waals surface area contributed by atoms with E-state index in [1.807, 2.05) is 6.92 Å². The molecule has 6 nitrogen and oxygen atoms in total. The van der Waals surface area contributed by atoms with Crippen molar-refractivity contribution in [1.82, 2.24) is 5.32 Å². The van der Waals surface area contributed by atoms with Crippen molar-refractivity contribution in [2.45, 2.75) is 36.2 Å². The molecule has 1 fully saturated rings. The third-order valence-electron chi connectivity index (χ3n) is 4.54. The second-order valence-electron chi connectivity index (χ2n) is 6.61. The monoisotopic (exact) mass is 387 g/mol. The quantitative estimate of drug-likeness (QED) is 0.796. The van der Waals surface area contributed by atoms with Crippen LogP contribution in [0, 0.1) is 12.8 Å². The van der Waals surface area contributed by atoms with E-state index in [0.717, 1.165) is 5.56 Å². The molecule has 1 heterocycles. The van der Waals surface area contributed by atoms with Gasteiger partial charge in [-0.25, -0.2) is 8.42 Å². The van der Waals surface area contributed by atoms with Gasteiger partial charge >= 0.3 is 5.97 Å². The predicted octanol–water partition coefficient (Wildman–Crippen LogP) is 2.40. The summed E-state index contributed by atoms with van der Waals surface area (Å²) in [7, 11) is -3.57. The van der Waals surface area contributed by atoms with Gasteiger partial charge in [0.15, 0.2) is 0 Å².